The van der Waals surface area contributed by atoms with Crippen LogP contribution in [0, 0.1) is 0 Å². The van der Waals surface area contributed by atoms with Crippen LogP contribution < -0.4 is 15.4 Å². The van der Waals surface area contributed by atoms with Crippen molar-refractivity contribution in [3.63, 3.8) is 0 Å². The third-order valence-corrected chi connectivity index (χ3v) is 4.74. The van der Waals surface area contributed by atoms with Crippen LogP contribution in [0.15, 0.2) is 45.6 Å². The topological polar surface area (TPSA) is 98.8 Å². The number of rotatable bonds is 4. The molecule has 28 heavy (non-hydrogen) atoms. The molecule has 0 spiro atoms. The number of anilines is 1. The van der Waals surface area contributed by atoms with E-state index in [1.54, 1.807) is 37.4 Å². The Labute approximate surface area is 158 Å². The third kappa shape index (κ3) is 2.88. The molecule has 2 heterocycles. The largest absolute Gasteiger partial charge is 0.482 e. The Balaban J connectivity index is 1.68. The zero-order valence-corrected chi connectivity index (χ0v) is 15.2. The number of ketones is 2. The van der Waals surface area contributed by atoms with Crippen LogP contribution in [0.4, 0.5) is 5.69 Å². The number of hydrogen-bond acceptors (Lipinski definition) is 6. The van der Waals surface area contributed by atoms with Crippen LogP contribution in [-0.4, -0.2) is 35.7 Å². The first kappa shape index (κ1) is 17.7. The molecule has 0 saturated carbocycles. The van der Waals surface area contributed by atoms with Gasteiger partial charge in [0.25, 0.3) is 5.91 Å². The highest BCUT2D eigenvalue weighted by Crippen LogP contribution is 2.32. The average Bonchev–Trinajstić information content (AvgIpc) is 2.99. The lowest BCUT2D eigenvalue weighted by atomic mass is 10.1. The van der Waals surface area contributed by atoms with Crippen LogP contribution in [0.5, 0.6) is 5.75 Å². The van der Waals surface area contributed by atoms with Gasteiger partial charge in [-0.1, -0.05) is 0 Å². The van der Waals surface area contributed by atoms with Crippen molar-refractivity contribution in [2.75, 3.05) is 18.6 Å². The van der Waals surface area contributed by atoms with E-state index in [2.05, 4.69) is 0 Å². The summed E-state index contributed by atoms with van der Waals surface area (Å²) in [5.41, 5.74) is 1.93. The average molecular weight is 380 g/mol. The SMILES string of the molecule is CC(=O)c1ccc2c(c1)oc(=O)n2CC(=O)c1ccc2c(c1)N(C)C(=O)CO2. The van der Waals surface area contributed by atoms with E-state index in [9.17, 15) is 19.2 Å². The van der Waals surface area contributed by atoms with E-state index in [-0.39, 0.29) is 36.2 Å². The Kier molecular flexibility index (Phi) is 4.11. The molecule has 0 saturated heterocycles. The van der Waals surface area contributed by atoms with Crippen LogP contribution in [0.2, 0.25) is 0 Å². The highest BCUT2D eigenvalue weighted by Gasteiger charge is 2.24. The van der Waals surface area contributed by atoms with Gasteiger partial charge in [-0.3, -0.25) is 19.0 Å². The summed E-state index contributed by atoms with van der Waals surface area (Å²) < 4.78 is 11.7. The predicted molar refractivity (Wildman–Crippen MR) is 100 cm³/mol. The van der Waals surface area contributed by atoms with E-state index in [1.165, 1.54) is 22.5 Å². The van der Waals surface area contributed by atoms with Crippen molar-refractivity contribution < 1.29 is 23.5 Å². The molecular weight excluding hydrogens is 364 g/mol. The van der Waals surface area contributed by atoms with Gasteiger partial charge in [-0.05, 0) is 43.3 Å². The lowest BCUT2D eigenvalue weighted by molar-refractivity contribution is -0.120. The van der Waals surface area contributed by atoms with Crippen molar-refractivity contribution in [1.82, 2.24) is 4.57 Å². The van der Waals surface area contributed by atoms with Crippen LogP contribution in [0.25, 0.3) is 11.1 Å². The Morgan fingerprint density at radius 2 is 1.82 bits per heavy atom. The summed E-state index contributed by atoms with van der Waals surface area (Å²) in [5, 5.41) is 0. The van der Waals surface area contributed by atoms with Crippen LogP contribution >= 0.6 is 0 Å². The van der Waals surface area contributed by atoms with Crippen molar-refractivity contribution >= 4 is 34.3 Å². The van der Waals surface area contributed by atoms with Crippen molar-refractivity contribution in [1.29, 1.82) is 0 Å². The van der Waals surface area contributed by atoms with Gasteiger partial charge >= 0.3 is 5.76 Å². The maximum Gasteiger partial charge on any atom is 0.420 e. The van der Waals surface area contributed by atoms with Crippen molar-refractivity contribution in [2.45, 2.75) is 13.5 Å². The molecule has 8 nitrogen and oxygen atoms in total. The first-order valence-corrected chi connectivity index (χ1v) is 8.56. The smallest absolute Gasteiger partial charge is 0.420 e. The van der Waals surface area contributed by atoms with E-state index in [0.29, 0.717) is 28.1 Å². The van der Waals surface area contributed by atoms with Gasteiger partial charge in [-0.25, -0.2) is 4.79 Å². The molecule has 1 aliphatic heterocycles. The molecule has 0 atom stereocenters. The normalized spacial score (nSPS) is 13.4. The number of likely N-dealkylation sites (N-methyl/N-ethyl adjacent to an activating group) is 1. The van der Waals surface area contributed by atoms with Crippen molar-refractivity contribution in [3.8, 4) is 5.75 Å². The van der Waals surface area contributed by atoms with Gasteiger partial charge in [0.2, 0.25) is 0 Å². The van der Waals surface area contributed by atoms with Gasteiger partial charge in [-0.2, -0.15) is 0 Å². The number of nitrogens with zero attached hydrogens (tertiary/aromatic N) is 2. The zero-order valence-electron chi connectivity index (χ0n) is 15.2. The number of amides is 1. The number of ether oxygens (including phenoxy) is 1. The number of benzene rings is 2. The van der Waals surface area contributed by atoms with Gasteiger partial charge < -0.3 is 14.1 Å². The number of fused-ring (bicyclic) bond motifs is 2. The fourth-order valence-corrected chi connectivity index (χ4v) is 3.12. The molecule has 142 valence electrons. The molecule has 4 rings (SSSR count). The summed E-state index contributed by atoms with van der Waals surface area (Å²) in [6, 6.07) is 9.43. The minimum absolute atomic E-state index is 0.0462. The summed E-state index contributed by atoms with van der Waals surface area (Å²) in [6.07, 6.45) is 0. The van der Waals surface area contributed by atoms with E-state index < -0.39 is 5.76 Å². The van der Waals surface area contributed by atoms with Gasteiger partial charge in [0.1, 0.15) is 5.75 Å². The monoisotopic (exact) mass is 380 g/mol. The highest BCUT2D eigenvalue weighted by atomic mass is 16.5. The van der Waals surface area contributed by atoms with E-state index in [0.717, 1.165) is 0 Å². The first-order valence-electron chi connectivity index (χ1n) is 8.56. The summed E-state index contributed by atoms with van der Waals surface area (Å²) in [7, 11) is 1.61. The molecule has 3 aromatic rings. The first-order chi connectivity index (χ1) is 13.3. The quantitative estimate of drug-likeness (QED) is 0.642. The zero-order chi connectivity index (χ0) is 20.0. The lowest BCUT2D eigenvalue weighted by Crippen LogP contribution is -2.35. The van der Waals surface area contributed by atoms with Gasteiger partial charge in [-0.15, -0.1) is 0 Å². The number of carbonyl (C=O) groups excluding carboxylic acids is 3. The molecule has 1 aliphatic rings. The molecule has 0 N–H and O–H groups in total. The number of aromatic nitrogens is 1. The molecule has 0 unspecified atom stereocenters. The maximum atomic E-state index is 12.8. The molecule has 1 amide bonds. The fourth-order valence-electron chi connectivity index (χ4n) is 3.12. The van der Waals surface area contributed by atoms with Gasteiger partial charge in [0.05, 0.1) is 17.7 Å². The Bertz CT molecular complexity index is 1200. The Morgan fingerprint density at radius 3 is 2.57 bits per heavy atom. The third-order valence-electron chi connectivity index (χ3n) is 4.74. The summed E-state index contributed by atoms with van der Waals surface area (Å²) in [5.74, 6) is -0.854. The predicted octanol–water partition coefficient (Wildman–Crippen LogP) is 2.04. The number of Topliss-reactive ketones (excluding diaryl/α,β-unsaturated/α-hetero) is 2. The molecule has 0 aliphatic carbocycles. The molecule has 2 aromatic carbocycles. The summed E-state index contributed by atoms with van der Waals surface area (Å²) in [6.45, 7) is 1.14. The lowest BCUT2D eigenvalue weighted by Gasteiger charge is -2.26. The van der Waals surface area contributed by atoms with E-state index in [1.807, 2.05) is 0 Å². The maximum absolute atomic E-state index is 12.8. The second kappa shape index (κ2) is 6.49. The molecule has 1 aromatic heterocycles. The number of oxazole rings is 1. The number of hydrogen-bond donors (Lipinski definition) is 0. The highest BCUT2D eigenvalue weighted by molar-refractivity contribution is 6.02. The van der Waals surface area contributed by atoms with Crippen LogP contribution in [0.3, 0.4) is 0 Å². The standard InChI is InChI=1S/C20H16N2O6/c1-11(23)12-3-5-14-18(8-12)28-20(26)22(14)9-16(24)13-4-6-17-15(7-13)21(2)19(25)10-27-17/h3-8H,9-10H2,1-2H3. The Morgan fingerprint density at radius 1 is 1.07 bits per heavy atom. The van der Waals surface area contributed by atoms with Gasteiger partial charge in [0, 0.05) is 18.2 Å². The molecule has 8 heteroatoms. The summed E-state index contributed by atoms with van der Waals surface area (Å²) >= 11 is 0. The minimum Gasteiger partial charge on any atom is -0.482 e. The number of carbonyl (C=O) groups is 3. The van der Waals surface area contributed by atoms with Crippen LogP contribution in [0.1, 0.15) is 27.6 Å². The van der Waals surface area contributed by atoms with Crippen molar-refractivity contribution in [2.24, 2.45) is 0 Å². The second-order valence-corrected chi connectivity index (χ2v) is 6.54. The van der Waals surface area contributed by atoms with Gasteiger partial charge in [0.15, 0.2) is 23.8 Å². The van der Waals surface area contributed by atoms with E-state index >= 15 is 0 Å². The summed E-state index contributed by atoms with van der Waals surface area (Å²) in [4.78, 5) is 49.7. The second-order valence-electron chi connectivity index (χ2n) is 6.54. The minimum atomic E-state index is -0.683. The molecular formula is C20H16N2O6. The van der Waals surface area contributed by atoms with Crippen LogP contribution in [-0.2, 0) is 11.3 Å². The molecule has 0 radical (unpaired) electrons. The molecule has 0 bridgehead atoms. The molecule has 0 fully saturated rings. The van der Waals surface area contributed by atoms with Crippen molar-refractivity contribution in [3.05, 3.63) is 58.1 Å². The Hall–Kier alpha value is -3.68. The van der Waals surface area contributed by atoms with E-state index in [4.69, 9.17) is 9.15 Å². The fraction of sp³-hybridized carbons (Fsp3) is 0.200.